The van der Waals surface area contributed by atoms with Gasteiger partial charge in [-0.15, -0.1) is 0 Å². The number of anilines is 2. The minimum atomic E-state index is -1.64. The fraction of sp³-hybridized carbons (Fsp3) is 0.571. The number of amides is 5. The Morgan fingerprint density at radius 2 is 1.77 bits per heavy atom. The highest BCUT2D eigenvalue weighted by Gasteiger charge is 2.64. The van der Waals surface area contributed by atoms with E-state index >= 15 is 0 Å². The van der Waals surface area contributed by atoms with E-state index in [1.54, 1.807) is 63.4 Å². The Bertz CT molecular complexity index is 2590. The summed E-state index contributed by atoms with van der Waals surface area (Å²) in [5.74, 6) is -3.16. The van der Waals surface area contributed by atoms with Crippen LogP contribution < -0.4 is 31.3 Å². The summed E-state index contributed by atoms with van der Waals surface area (Å²) >= 11 is 10.4. The number of halogens is 2. The number of urea groups is 1. The summed E-state index contributed by atoms with van der Waals surface area (Å²) in [4.78, 5) is 106. The number of ether oxygens (including phenoxy) is 5. The number of nitrogens with zero attached hydrogens (tertiary/aromatic N) is 1. The molecule has 3 aliphatic heterocycles. The molecule has 0 unspecified atom stereocenters. The molecule has 0 saturated carbocycles. The van der Waals surface area contributed by atoms with E-state index < -0.39 is 83.4 Å². The number of primary amides is 1. The van der Waals surface area contributed by atoms with Crippen LogP contribution in [0.15, 0.2) is 58.6 Å². The number of Topliss-reactive ketones (excluding diaryl/α,β-unsaturated/α-hetero) is 3. The van der Waals surface area contributed by atoms with Gasteiger partial charge in [-0.2, -0.15) is 0 Å². The number of carbonyl (C=O) groups is 8. The van der Waals surface area contributed by atoms with Crippen molar-refractivity contribution in [3.05, 3.63) is 74.8 Å². The fourth-order valence-corrected chi connectivity index (χ4v) is 10.8. The zero-order valence-electron chi connectivity index (χ0n) is 45.5. The van der Waals surface area contributed by atoms with Crippen LogP contribution in [0, 0.1) is 17.8 Å². The quantitative estimate of drug-likeness (QED) is 0.0453. The molecule has 0 radical (unpaired) electrons. The number of carbonyl (C=O) groups excluding carboxylic acids is 8. The molecule has 2 saturated heterocycles. The van der Waals surface area contributed by atoms with Gasteiger partial charge < -0.3 is 54.9 Å². The van der Waals surface area contributed by atoms with Crippen molar-refractivity contribution < 1.29 is 67.1 Å². The lowest BCUT2D eigenvalue weighted by Gasteiger charge is -2.41. The molecule has 2 fully saturated rings. The topological polar surface area (TPSA) is 272 Å². The summed E-state index contributed by atoms with van der Waals surface area (Å²) in [7, 11) is 4.47. The van der Waals surface area contributed by atoms with Gasteiger partial charge in [0, 0.05) is 74.8 Å². The molecule has 5 amide bonds. The van der Waals surface area contributed by atoms with E-state index in [1.807, 2.05) is 26.8 Å². The molecule has 2 aromatic rings. The second-order valence-electron chi connectivity index (χ2n) is 21.1. The van der Waals surface area contributed by atoms with Gasteiger partial charge in [0.1, 0.15) is 51.9 Å². The van der Waals surface area contributed by atoms with Crippen molar-refractivity contribution in [3.8, 4) is 5.75 Å². The number of allylic oxidation sites excluding steroid dienone is 3. The first kappa shape index (κ1) is 62.2. The number of aliphatic hydroxyl groups is 1. The maximum absolute atomic E-state index is 14.4. The van der Waals surface area contributed by atoms with Crippen LogP contribution in [0.5, 0.6) is 5.75 Å². The Hall–Kier alpha value is -5.67. The highest BCUT2D eigenvalue weighted by Crippen LogP contribution is 2.50. The van der Waals surface area contributed by atoms with Crippen LogP contribution in [0.4, 0.5) is 21.0 Å². The van der Waals surface area contributed by atoms with Crippen LogP contribution in [0.2, 0.25) is 5.02 Å². The van der Waals surface area contributed by atoms with Crippen LogP contribution in [0.1, 0.15) is 117 Å². The Morgan fingerprint density at radius 3 is 2.42 bits per heavy atom. The number of epoxide rings is 1. The number of hydrogen-bond acceptors (Lipinski definition) is 14. The van der Waals surface area contributed by atoms with Gasteiger partial charge in [-0.25, -0.2) is 9.59 Å². The lowest BCUT2D eigenvalue weighted by molar-refractivity contribution is -0.187. The molecule has 19 nitrogen and oxygen atoms in total. The minimum absolute atomic E-state index is 0.00557. The van der Waals surface area contributed by atoms with Crippen LogP contribution >= 0.6 is 27.5 Å². The van der Waals surface area contributed by atoms with Gasteiger partial charge in [0.15, 0.2) is 5.78 Å². The molecular weight excluding hydrogens is 1080 g/mol. The van der Waals surface area contributed by atoms with Crippen LogP contribution in [0.3, 0.4) is 0 Å². The standard InChI is InChI=1S/C56H75BrClN5O14/c1-31(2)39(27-38(65)16-11-10-15-33(4)64)52(69)62-41(17-13-21-60-53(59)70)43(66)25-36-19-20-37(26-40(36)57)61-54(71)76-47-28-48(67)63(7)42-23-35(24-44(73-8)50(42)58)22-32(3)14-12-18-46(74-9)56(72)29-45(75-49(68)30-56)34(5)51-55(47,6)77-51/h12,14,18-20,23-24,26,31,34,39,41,45-47,51,72H,10-11,13,15-17,21-22,25,27-30H2,1-9H3,(H,61,71)(H,62,69)(H3,59,60,70)/b18-12+,32-14+/t34-,39+,41+,45+,46-,47+,51+,55+,56-/m1/s1. The molecule has 21 heteroatoms. The zero-order valence-corrected chi connectivity index (χ0v) is 47.8. The number of rotatable bonds is 21. The number of methoxy groups -OCH3 is 2. The van der Waals surface area contributed by atoms with Crippen LogP contribution in [-0.2, 0) is 60.6 Å². The maximum atomic E-state index is 14.4. The van der Waals surface area contributed by atoms with E-state index in [9.17, 15) is 43.5 Å². The van der Waals surface area contributed by atoms with Gasteiger partial charge in [-0.1, -0.05) is 78.2 Å². The van der Waals surface area contributed by atoms with E-state index in [2.05, 4.69) is 31.9 Å². The largest absolute Gasteiger partial charge is 0.495 e. The molecule has 77 heavy (non-hydrogen) atoms. The third kappa shape index (κ3) is 17.2. The van der Waals surface area contributed by atoms with Crippen LogP contribution in [-0.4, -0.2) is 122 Å². The van der Waals surface area contributed by atoms with E-state index in [1.165, 1.54) is 26.0 Å². The molecule has 6 N–H and O–H groups in total. The normalized spacial score (nSPS) is 25.4. The smallest absolute Gasteiger partial charge is 0.412 e. The van der Waals surface area contributed by atoms with Gasteiger partial charge in [0.05, 0.1) is 37.8 Å². The van der Waals surface area contributed by atoms with Gasteiger partial charge in [-0.05, 0) is 94.2 Å². The summed E-state index contributed by atoms with van der Waals surface area (Å²) in [5.41, 5.74) is 5.13. The summed E-state index contributed by atoms with van der Waals surface area (Å²) in [6, 6.07) is 6.57. The predicted molar refractivity (Wildman–Crippen MR) is 293 cm³/mol. The van der Waals surface area contributed by atoms with E-state index in [0.29, 0.717) is 53.6 Å². The van der Waals surface area contributed by atoms with Crippen molar-refractivity contribution in [2.75, 3.05) is 38.0 Å². The minimum Gasteiger partial charge on any atom is -0.495 e. The molecule has 422 valence electrons. The van der Waals surface area contributed by atoms with Crippen molar-refractivity contribution in [1.82, 2.24) is 10.6 Å². The number of nitrogens with two attached hydrogens (primary N) is 1. The first-order valence-electron chi connectivity index (χ1n) is 26.0. The monoisotopic (exact) mass is 1160 g/mol. The van der Waals surface area contributed by atoms with E-state index in [4.69, 9.17) is 41.0 Å². The number of unbranched alkanes of at least 4 members (excludes halogenated alkanes) is 1. The van der Waals surface area contributed by atoms with Crippen molar-refractivity contribution in [1.29, 1.82) is 0 Å². The maximum Gasteiger partial charge on any atom is 0.412 e. The lowest BCUT2D eigenvalue weighted by atomic mass is 9.78. The van der Waals surface area contributed by atoms with Gasteiger partial charge in [0.2, 0.25) is 11.8 Å². The second-order valence-corrected chi connectivity index (χ2v) is 22.3. The number of benzene rings is 2. The molecule has 3 heterocycles. The van der Waals surface area contributed by atoms with Crippen molar-refractivity contribution >= 4 is 86.2 Å². The van der Waals surface area contributed by atoms with E-state index in [-0.39, 0.29) is 85.5 Å². The molecule has 0 aliphatic carbocycles. The zero-order chi connectivity index (χ0) is 56.9. The van der Waals surface area contributed by atoms with Crippen molar-refractivity contribution in [3.63, 3.8) is 0 Å². The molecule has 5 rings (SSSR count). The van der Waals surface area contributed by atoms with Gasteiger partial charge in [-0.3, -0.25) is 29.3 Å². The molecule has 3 aliphatic rings. The Labute approximate surface area is 464 Å². The van der Waals surface area contributed by atoms with Crippen molar-refractivity contribution in [2.45, 2.75) is 160 Å². The summed E-state index contributed by atoms with van der Waals surface area (Å²) < 4.78 is 30.0. The Morgan fingerprint density at radius 1 is 1.05 bits per heavy atom. The number of hydrogen-bond donors (Lipinski definition) is 5. The summed E-state index contributed by atoms with van der Waals surface area (Å²) in [5, 5.41) is 20.3. The molecular formula is C56H75BrClN5O14. The number of esters is 1. The average molecular weight is 1160 g/mol. The number of fused-ring (bicyclic) bond motifs is 5. The van der Waals surface area contributed by atoms with E-state index in [0.717, 1.165) is 11.1 Å². The Kier molecular flexibility index (Phi) is 22.4. The molecule has 0 aromatic heterocycles. The van der Waals surface area contributed by atoms with Gasteiger partial charge >= 0.3 is 18.1 Å². The van der Waals surface area contributed by atoms with Crippen molar-refractivity contribution in [2.24, 2.45) is 23.5 Å². The molecule has 9 atom stereocenters. The van der Waals surface area contributed by atoms with Crippen LogP contribution in [0.25, 0.3) is 0 Å². The lowest BCUT2D eigenvalue weighted by Crippen LogP contribution is -2.53. The highest BCUT2D eigenvalue weighted by atomic mass is 79.9. The predicted octanol–water partition coefficient (Wildman–Crippen LogP) is 7.81. The first-order valence-corrected chi connectivity index (χ1v) is 27.2. The SMILES string of the molecule is COc1cc2cc(c1Cl)N(C)C(=O)C[C@H](OC(=O)Nc1ccc(CC(=O)[C@H](CCCNC(N)=O)NC(=O)[C@@H](CC(=O)CCCCC(C)=O)C(C)C)c(Br)c1)[C@]1(C)O[C@H]1[C@H](C)[C@@H]1C[C@@](O)(CC(=O)O1)[C@H](OC)/C=C/C=C(\C)C2. The third-order valence-corrected chi connectivity index (χ3v) is 15.7. The van der Waals surface area contributed by atoms with Gasteiger partial charge in [0.25, 0.3) is 0 Å². The molecule has 4 bridgehead atoms. The number of nitrogens with one attached hydrogen (secondary N) is 3. The third-order valence-electron chi connectivity index (χ3n) is 14.6. The molecule has 0 spiro atoms. The summed E-state index contributed by atoms with van der Waals surface area (Å²) in [6.45, 7) is 10.7. The number of ketones is 3. The second kappa shape index (κ2) is 27.8. The highest BCUT2D eigenvalue weighted by molar-refractivity contribution is 9.10. The first-order chi connectivity index (χ1) is 36.3. The molecule has 2 aromatic carbocycles. The summed E-state index contributed by atoms with van der Waals surface area (Å²) in [6.07, 6.45) is 2.43. The Balaban J connectivity index is 1.37. The fourth-order valence-electron chi connectivity index (χ4n) is 10.00. The average Bonchev–Trinajstić information content (AvgIpc) is 4.05.